The molecule has 2 aromatic carbocycles. The Morgan fingerprint density at radius 1 is 1.17 bits per heavy atom. The molecule has 0 aliphatic carbocycles. The lowest BCUT2D eigenvalue weighted by Crippen LogP contribution is -2.12. The zero-order valence-corrected chi connectivity index (χ0v) is 17.0. The molecule has 1 aromatic heterocycles. The van der Waals surface area contributed by atoms with E-state index in [0.717, 1.165) is 0 Å². The smallest absolute Gasteiger partial charge is 0.341 e. The maximum Gasteiger partial charge on any atom is 0.341 e. The van der Waals surface area contributed by atoms with Crippen molar-refractivity contribution < 1.29 is 18.7 Å². The van der Waals surface area contributed by atoms with Gasteiger partial charge in [0.2, 0.25) is 5.91 Å². The first-order valence-corrected chi connectivity index (χ1v) is 10.0. The van der Waals surface area contributed by atoms with E-state index in [1.54, 1.807) is 48.7 Å². The molecule has 0 unspecified atom stereocenters. The van der Waals surface area contributed by atoms with Crippen LogP contribution in [0.25, 0.3) is 17.2 Å². The van der Waals surface area contributed by atoms with Crippen LogP contribution in [0, 0.1) is 5.82 Å². The molecule has 0 atom stereocenters. The predicted octanol–water partition coefficient (Wildman–Crippen LogP) is 6.04. The summed E-state index contributed by atoms with van der Waals surface area (Å²) in [5, 5.41) is 5.33. The third kappa shape index (κ3) is 5.10. The topological polar surface area (TPSA) is 55.4 Å². The third-order valence-electron chi connectivity index (χ3n) is 3.98. The largest absolute Gasteiger partial charge is 0.462 e. The lowest BCUT2D eigenvalue weighted by atomic mass is 10.0. The first-order chi connectivity index (χ1) is 14.0. The number of carbonyl (C=O) groups is 2. The van der Waals surface area contributed by atoms with Gasteiger partial charge in [-0.1, -0.05) is 41.9 Å². The van der Waals surface area contributed by atoms with E-state index in [9.17, 15) is 14.0 Å². The first-order valence-electron chi connectivity index (χ1n) is 8.77. The van der Waals surface area contributed by atoms with Crippen LogP contribution in [0.15, 0.2) is 60.0 Å². The van der Waals surface area contributed by atoms with Gasteiger partial charge in [0.1, 0.15) is 16.4 Å². The normalized spacial score (nSPS) is 10.9. The lowest BCUT2D eigenvalue weighted by molar-refractivity contribution is -0.111. The van der Waals surface area contributed by atoms with E-state index in [2.05, 4.69) is 5.32 Å². The van der Waals surface area contributed by atoms with Crippen molar-refractivity contribution in [1.29, 1.82) is 0 Å². The van der Waals surface area contributed by atoms with E-state index in [4.69, 9.17) is 16.3 Å². The van der Waals surface area contributed by atoms with Gasteiger partial charge in [0.05, 0.1) is 6.61 Å². The molecule has 0 bridgehead atoms. The minimum atomic E-state index is -0.557. The Labute approximate surface area is 176 Å². The molecule has 4 nitrogen and oxygen atoms in total. The number of rotatable bonds is 6. The number of benzene rings is 2. The van der Waals surface area contributed by atoms with Crippen LogP contribution in [0.2, 0.25) is 5.02 Å². The second-order valence-electron chi connectivity index (χ2n) is 5.92. The van der Waals surface area contributed by atoms with E-state index >= 15 is 0 Å². The molecule has 1 amide bonds. The molecule has 148 valence electrons. The first kappa shape index (κ1) is 20.8. The summed E-state index contributed by atoms with van der Waals surface area (Å²) in [5.74, 6) is -1.35. The molecule has 0 fully saturated rings. The maximum absolute atomic E-state index is 13.2. The van der Waals surface area contributed by atoms with Crippen molar-refractivity contribution in [3.8, 4) is 11.1 Å². The SMILES string of the molecule is CCOC(=O)c1c(-c2ccc(F)cc2)csc1NC(=O)/C=C/c1ccccc1Cl. The van der Waals surface area contributed by atoms with Crippen molar-refractivity contribution in [2.45, 2.75) is 6.92 Å². The highest BCUT2D eigenvalue weighted by atomic mass is 35.5. The van der Waals surface area contributed by atoms with E-state index < -0.39 is 11.9 Å². The Morgan fingerprint density at radius 2 is 1.90 bits per heavy atom. The minimum Gasteiger partial charge on any atom is -0.462 e. The molecule has 0 radical (unpaired) electrons. The molecule has 0 aliphatic heterocycles. The van der Waals surface area contributed by atoms with Crippen molar-refractivity contribution in [3.05, 3.63) is 82.0 Å². The Balaban J connectivity index is 1.88. The van der Waals surface area contributed by atoms with Gasteiger partial charge in [-0.05, 0) is 42.3 Å². The van der Waals surface area contributed by atoms with Crippen molar-refractivity contribution in [3.63, 3.8) is 0 Å². The van der Waals surface area contributed by atoms with E-state index in [1.807, 2.05) is 6.07 Å². The van der Waals surface area contributed by atoms with Crippen LogP contribution < -0.4 is 5.32 Å². The summed E-state index contributed by atoms with van der Waals surface area (Å²) in [4.78, 5) is 24.9. The number of halogens is 2. The van der Waals surface area contributed by atoms with Crippen LogP contribution in [0.1, 0.15) is 22.8 Å². The third-order valence-corrected chi connectivity index (χ3v) is 5.22. The fraction of sp³-hybridized carbons (Fsp3) is 0.0909. The number of thiophene rings is 1. The van der Waals surface area contributed by atoms with Gasteiger partial charge in [-0.3, -0.25) is 4.79 Å². The van der Waals surface area contributed by atoms with E-state index in [1.165, 1.54) is 29.5 Å². The van der Waals surface area contributed by atoms with Gasteiger partial charge in [0, 0.05) is 22.0 Å². The van der Waals surface area contributed by atoms with Crippen molar-refractivity contribution in [2.75, 3.05) is 11.9 Å². The van der Waals surface area contributed by atoms with Gasteiger partial charge in [0.15, 0.2) is 0 Å². The molecular formula is C22H17ClFNO3S. The number of amides is 1. The molecule has 0 aliphatic rings. The second-order valence-corrected chi connectivity index (χ2v) is 7.21. The number of nitrogens with one attached hydrogen (secondary N) is 1. The zero-order chi connectivity index (χ0) is 20.8. The molecular weight excluding hydrogens is 413 g/mol. The quantitative estimate of drug-likeness (QED) is 0.384. The van der Waals surface area contributed by atoms with Crippen LogP contribution in [-0.2, 0) is 9.53 Å². The summed E-state index contributed by atoms with van der Waals surface area (Å²) in [6, 6.07) is 12.9. The summed E-state index contributed by atoms with van der Waals surface area (Å²) in [5.41, 5.74) is 2.16. The van der Waals surface area contributed by atoms with E-state index in [-0.39, 0.29) is 18.0 Å². The van der Waals surface area contributed by atoms with Crippen molar-refractivity contribution in [2.24, 2.45) is 0 Å². The number of anilines is 1. The summed E-state index contributed by atoms with van der Waals surface area (Å²) in [6.07, 6.45) is 2.93. The van der Waals surface area contributed by atoms with Gasteiger partial charge < -0.3 is 10.1 Å². The Kier molecular flexibility index (Phi) is 6.80. The number of esters is 1. The van der Waals surface area contributed by atoms with Gasteiger partial charge in [-0.2, -0.15) is 0 Å². The van der Waals surface area contributed by atoms with Crippen molar-refractivity contribution in [1.82, 2.24) is 0 Å². The fourth-order valence-corrected chi connectivity index (χ4v) is 3.79. The highest BCUT2D eigenvalue weighted by Gasteiger charge is 2.22. The van der Waals surface area contributed by atoms with Gasteiger partial charge in [0.25, 0.3) is 0 Å². The van der Waals surface area contributed by atoms with Gasteiger partial charge in [-0.15, -0.1) is 11.3 Å². The summed E-state index contributed by atoms with van der Waals surface area (Å²) in [6.45, 7) is 1.89. The number of hydrogen-bond acceptors (Lipinski definition) is 4. The molecule has 1 heterocycles. The maximum atomic E-state index is 13.2. The summed E-state index contributed by atoms with van der Waals surface area (Å²) >= 11 is 7.28. The van der Waals surface area contributed by atoms with Crippen LogP contribution in [0.4, 0.5) is 9.39 Å². The predicted molar refractivity (Wildman–Crippen MR) is 115 cm³/mol. The van der Waals surface area contributed by atoms with Crippen molar-refractivity contribution >= 4 is 45.9 Å². The van der Waals surface area contributed by atoms with Gasteiger partial charge >= 0.3 is 5.97 Å². The molecule has 0 saturated heterocycles. The summed E-state index contributed by atoms with van der Waals surface area (Å²) < 4.78 is 18.4. The van der Waals surface area contributed by atoms with Crippen LogP contribution in [0.5, 0.6) is 0 Å². The van der Waals surface area contributed by atoms with Crippen LogP contribution in [-0.4, -0.2) is 18.5 Å². The Hall–Kier alpha value is -2.96. The fourth-order valence-electron chi connectivity index (χ4n) is 2.63. The van der Waals surface area contributed by atoms with Gasteiger partial charge in [-0.25, -0.2) is 9.18 Å². The molecule has 7 heteroatoms. The Morgan fingerprint density at radius 3 is 2.59 bits per heavy atom. The highest BCUT2D eigenvalue weighted by Crippen LogP contribution is 2.36. The molecule has 0 spiro atoms. The second kappa shape index (κ2) is 9.49. The minimum absolute atomic E-state index is 0.192. The van der Waals surface area contributed by atoms with E-state index in [0.29, 0.717) is 26.7 Å². The average Bonchev–Trinajstić information content (AvgIpc) is 3.11. The standard InChI is InChI=1S/C22H17ClFNO3S/c1-2-28-22(27)20-17(14-7-10-16(24)11-8-14)13-29-21(20)25-19(26)12-9-15-5-3-4-6-18(15)23/h3-13H,2H2,1H3,(H,25,26)/b12-9+. The average molecular weight is 430 g/mol. The van der Waals surface area contributed by atoms with Crippen LogP contribution >= 0.6 is 22.9 Å². The molecule has 3 aromatic rings. The molecule has 29 heavy (non-hydrogen) atoms. The number of carbonyl (C=O) groups excluding carboxylic acids is 2. The Bertz CT molecular complexity index is 1060. The monoisotopic (exact) mass is 429 g/mol. The lowest BCUT2D eigenvalue weighted by Gasteiger charge is -2.08. The molecule has 0 saturated carbocycles. The molecule has 1 N–H and O–H groups in total. The number of ether oxygens (including phenoxy) is 1. The van der Waals surface area contributed by atoms with Crippen LogP contribution in [0.3, 0.4) is 0 Å². The number of hydrogen-bond donors (Lipinski definition) is 1. The molecule has 3 rings (SSSR count). The highest BCUT2D eigenvalue weighted by molar-refractivity contribution is 7.15. The summed E-state index contributed by atoms with van der Waals surface area (Å²) in [7, 11) is 0. The zero-order valence-electron chi connectivity index (χ0n) is 15.4.